The minimum absolute atomic E-state index is 0.157. The summed E-state index contributed by atoms with van der Waals surface area (Å²) in [5.41, 5.74) is 0. The lowest BCUT2D eigenvalue weighted by Gasteiger charge is -2.44. The van der Waals surface area contributed by atoms with Crippen LogP contribution in [-0.2, 0) is 9.53 Å². The molecule has 0 aliphatic rings. The van der Waals surface area contributed by atoms with Crippen LogP contribution in [0.4, 0.5) is 83.4 Å². The zero-order valence-electron chi connectivity index (χ0n) is 16.4. The molecule has 0 aromatic heterocycles. The van der Waals surface area contributed by atoms with E-state index in [0.29, 0.717) is 0 Å². The maximum atomic E-state index is 13.6. The largest absolute Gasteiger partial charge is 0.462 e. The van der Waals surface area contributed by atoms with Gasteiger partial charge in [-0.05, 0) is 0 Å². The minimum atomic E-state index is -8.92. The third-order valence-corrected chi connectivity index (χ3v) is 4.28. The lowest BCUT2D eigenvalue weighted by atomic mass is 9.86. The van der Waals surface area contributed by atoms with Gasteiger partial charge in [0, 0.05) is 6.08 Å². The molecular weight excluding hydrogens is 573 g/mol. The van der Waals surface area contributed by atoms with E-state index in [2.05, 4.69) is 11.3 Å². The van der Waals surface area contributed by atoms with Gasteiger partial charge in [0.1, 0.15) is 0 Å². The lowest BCUT2D eigenvalue weighted by Crippen LogP contribution is -2.76. The van der Waals surface area contributed by atoms with Gasteiger partial charge in [0.15, 0.2) is 6.67 Å². The molecule has 0 amide bonds. The maximum Gasteiger partial charge on any atom is 0.385 e. The molecule has 21 heteroatoms. The van der Waals surface area contributed by atoms with E-state index in [1.54, 1.807) is 0 Å². The van der Waals surface area contributed by atoms with Gasteiger partial charge in [-0.3, -0.25) is 0 Å². The zero-order chi connectivity index (χ0) is 29.6. The topological polar surface area (TPSA) is 26.3 Å². The van der Waals surface area contributed by atoms with Gasteiger partial charge in [0.05, 0.1) is 13.0 Å². The van der Waals surface area contributed by atoms with Gasteiger partial charge in [0.2, 0.25) is 0 Å². The number of carbonyl (C=O) groups is 1. The zero-order valence-corrected chi connectivity index (χ0v) is 16.4. The fourth-order valence-electron chi connectivity index (χ4n) is 2.02. The Hall–Kier alpha value is -2.12. The van der Waals surface area contributed by atoms with Crippen molar-refractivity contribution < 1.29 is 92.9 Å². The Balaban J connectivity index is 6.68. The average Bonchev–Trinajstić information content (AvgIpc) is 2.71. The summed E-state index contributed by atoms with van der Waals surface area (Å²) in [5.74, 6) is -75.1. The van der Waals surface area contributed by atoms with Crippen LogP contribution in [0.2, 0.25) is 0 Å². The molecule has 0 aliphatic heterocycles. The SMILES string of the molecule is C=CC(=O)OCCC(F)(F)C(F)(F)C(F)(F)C(F)(F)C(F)(F)C(F)(F)C(F)(F)C(F)(F)C(F)(F)CF. The molecule has 2 nitrogen and oxygen atoms in total. The number of hydrogen-bond donors (Lipinski definition) is 0. The summed E-state index contributed by atoms with van der Waals surface area (Å²) in [6.07, 6.45) is -2.77. The Bertz CT molecular complexity index is 816. The van der Waals surface area contributed by atoms with Crippen LogP contribution in [0, 0.1) is 0 Å². The number of halogens is 19. The van der Waals surface area contributed by atoms with Crippen molar-refractivity contribution in [3.63, 3.8) is 0 Å². The van der Waals surface area contributed by atoms with E-state index >= 15 is 0 Å². The average molecular weight is 582 g/mol. The summed E-state index contributed by atoms with van der Waals surface area (Å²) in [4.78, 5) is 10.6. The maximum absolute atomic E-state index is 13.6. The van der Waals surface area contributed by atoms with Gasteiger partial charge in [-0.1, -0.05) is 6.58 Å². The Morgan fingerprint density at radius 3 is 1.11 bits per heavy atom. The van der Waals surface area contributed by atoms with Crippen molar-refractivity contribution >= 4 is 5.97 Å². The van der Waals surface area contributed by atoms with Gasteiger partial charge in [-0.15, -0.1) is 0 Å². The smallest absolute Gasteiger partial charge is 0.385 e. The molecule has 0 N–H and O–H groups in total. The molecule has 0 saturated heterocycles. The second kappa shape index (κ2) is 9.32. The van der Waals surface area contributed by atoms with E-state index < -0.39 is 79.0 Å². The molecular formula is C15H9F19O2. The predicted molar refractivity (Wildman–Crippen MR) is 76.3 cm³/mol. The normalized spacial score (nSPS) is 15.6. The molecule has 0 bridgehead atoms. The van der Waals surface area contributed by atoms with Crippen molar-refractivity contribution in [3.05, 3.63) is 12.7 Å². The highest BCUT2D eigenvalue weighted by atomic mass is 19.4. The van der Waals surface area contributed by atoms with E-state index in [1.165, 1.54) is 0 Å². The van der Waals surface area contributed by atoms with E-state index in [4.69, 9.17) is 0 Å². The van der Waals surface area contributed by atoms with Crippen molar-refractivity contribution in [1.82, 2.24) is 0 Å². The molecule has 36 heavy (non-hydrogen) atoms. The molecule has 0 rings (SSSR count). The summed E-state index contributed by atoms with van der Waals surface area (Å²) in [6, 6.07) is 0. The molecule has 0 unspecified atom stereocenters. The van der Waals surface area contributed by atoms with Crippen LogP contribution < -0.4 is 0 Å². The van der Waals surface area contributed by atoms with Crippen LogP contribution in [0.25, 0.3) is 0 Å². The van der Waals surface area contributed by atoms with Crippen molar-refractivity contribution in [2.75, 3.05) is 13.3 Å². The first-order chi connectivity index (χ1) is 15.5. The van der Waals surface area contributed by atoms with Gasteiger partial charge in [-0.25, -0.2) is 9.18 Å². The number of alkyl halides is 19. The second-order valence-corrected chi connectivity index (χ2v) is 6.68. The highest BCUT2D eigenvalue weighted by molar-refractivity contribution is 5.81. The summed E-state index contributed by atoms with van der Waals surface area (Å²) >= 11 is 0. The summed E-state index contributed by atoms with van der Waals surface area (Å²) < 4.78 is 256. The van der Waals surface area contributed by atoms with E-state index in [9.17, 15) is 88.2 Å². The highest BCUT2D eigenvalue weighted by Gasteiger charge is 2.96. The number of ether oxygens (including phenoxy) is 1. The molecule has 0 aliphatic carbocycles. The summed E-state index contributed by atoms with van der Waals surface area (Å²) in [5, 5.41) is 0. The second-order valence-electron chi connectivity index (χ2n) is 6.68. The first-order valence-electron chi connectivity index (χ1n) is 8.27. The van der Waals surface area contributed by atoms with E-state index in [1.807, 2.05) is 0 Å². The van der Waals surface area contributed by atoms with Crippen molar-refractivity contribution in [1.29, 1.82) is 0 Å². The Morgan fingerprint density at radius 1 is 0.556 bits per heavy atom. The van der Waals surface area contributed by atoms with Crippen LogP contribution >= 0.6 is 0 Å². The molecule has 0 heterocycles. The molecule has 0 fully saturated rings. The predicted octanol–water partition coefficient (Wildman–Crippen LogP) is 6.79. The van der Waals surface area contributed by atoms with Gasteiger partial charge >= 0.3 is 59.3 Å². The van der Waals surface area contributed by atoms with Crippen LogP contribution in [0.1, 0.15) is 6.42 Å². The van der Waals surface area contributed by atoms with Gasteiger partial charge in [0.25, 0.3) is 0 Å². The van der Waals surface area contributed by atoms with Crippen LogP contribution in [-0.4, -0.2) is 72.6 Å². The minimum Gasteiger partial charge on any atom is -0.462 e. The standard InChI is InChI=1S/C15H9F19O2/c1-2-6(35)36-4-3-7(17,18)9(21,22)11(25,26)13(29,30)15(33,34)14(31,32)12(27,28)10(23,24)8(19,20)5-16/h2H,1,3-5H2. The van der Waals surface area contributed by atoms with Crippen LogP contribution in [0.3, 0.4) is 0 Å². The van der Waals surface area contributed by atoms with Crippen LogP contribution in [0.15, 0.2) is 12.7 Å². The summed E-state index contributed by atoms with van der Waals surface area (Å²) in [7, 11) is 0. The molecule has 0 aromatic rings. The van der Waals surface area contributed by atoms with E-state index in [0.717, 1.165) is 0 Å². The number of hydrogen-bond acceptors (Lipinski definition) is 2. The quantitative estimate of drug-likeness (QED) is 0.136. The Labute approximate surface area is 186 Å². The third kappa shape index (κ3) is 4.53. The fourth-order valence-corrected chi connectivity index (χ4v) is 2.02. The van der Waals surface area contributed by atoms with E-state index in [-0.39, 0.29) is 6.08 Å². The Morgan fingerprint density at radius 2 is 0.833 bits per heavy atom. The molecule has 0 radical (unpaired) electrons. The van der Waals surface area contributed by atoms with Crippen molar-refractivity contribution in [3.8, 4) is 0 Å². The van der Waals surface area contributed by atoms with Crippen LogP contribution in [0.5, 0.6) is 0 Å². The number of esters is 1. The van der Waals surface area contributed by atoms with Crippen molar-refractivity contribution in [2.45, 2.75) is 59.7 Å². The third-order valence-electron chi connectivity index (χ3n) is 4.28. The first kappa shape index (κ1) is 33.9. The first-order valence-corrected chi connectivity index (χ1v) is 8.27. The fraction of sp³-hybridized carbons (Fsp3) is 0.800. The molecule has 0 atom stereocenters. The van der Waals surface area contributed by atoms with Gasteiger partial charge < -0.3 is 4.74 Å². The van der Waals surface area contributed by atoms with Gasteiger partial charge in [-0.2, -0.15) is 79.0 Å². The summed E-state index contributed by atoms with van der Waals surface area (Å²) in [6.45, 7) is -3.46. The number of carbonyl (C=O) groups excluding carboxylic acids is 1. The molecule has 214 valence electrons. The monoisotopic (exact) mass is 582 g/mol. The molecule has 0 saturated carbocycles. The van der Waals surface area contributed by atoms with Crippen molar-refractivity contribution in [2.24, 2.45) is 0 Å². The molecule has 0 aromatic carbocycles. The lowest BCUT2D eigenvalue weighted by molar-refractivity contribution is -0.462. The molecule has 0 spiro atoms. The number of rotatable bonds is 13. The Kier molecular flexibility index (Phi) is 8.77. The highest BCUT2D eigenvalue weighted by Crippen LogP contribution is 2.65.